The van der Waals surface area contributed by atoms with Crippen LogP contribution >= 0.6 is 0 Å². The highest BCUT2D eigenvalue weighted by Crippen LogP contribution is 2.25. The quantitative estimate of drug-likeness (QED) is 0.264. The molecule has 0 saturated heterocycles. The predicted molar refractivity (Wildman–Crippen MR) is 113 cm³/mol. The predicted octanol–water partition coefficient (Wildman–Crippen LogP) is 6.08. The van der Waals surface area contributed by atoms with Gasteiger partial charge in [0.2, 0.25) is 0 Å². The molecule has 2 rings (SSSR count). The van der Waals surface area contributed by atoms with Crippen LogP contribution in [0.2, 0.25) is 0 Å². The molecule has 29 heavy (non-hydrogen) atoms. The van der Waals surface area contributed by atoms with Gasteiger partial charge in [-0.2, -0.15) is 0 Å². The van der Waals surface area contributed by atoms with Crippen LogP contribution in [0.25, 0.3) is 0 Å². The number of cyclic esters (lactones) is 2. The topological polar surface area (TPSA) is 72.8 Å². The van der Waals surface area contributed by atoms with Gasteiger partial charge >= 0.3 is 11.9 Å². The van der Waals surface area contributed by atoms with Gasteiger partial charge in [-0.3, -0.25) is 0 Å². The van der Waals surface area contributed by atoms with Crippen LogP contribution in [0.3, 0.4) is 0 Å². The van der Waals surface area contributed by atoms with Gasteiger partial charge in [-0.1, -0.05) is 64.2 Å². The maximum absolute atomic E-state index is 11.6. The van der Waals surface area contributed by atoms with Gasteiger partial charge in [-0.15, -0.1) is 0 Å². The van der Waals surface area contributed by atoms with Crippen molar-refractivity contribution in [2.45, 2.75) is 116 Å². The normalized spacial score (nSPS) is 21.5. The lowest BCUT2D eigenvalue weighted by Crippen LogP contribution is -2.05. The zero-order chi connectivity index (χ0) is 21.1. The fourth-order valence-electron chi connectivity index (χ4n) is 4.07. The maximum Gasteiger partial charge on any atom is 0.338 e. The number of hydrogen-bond acceptors (Lipinski definition) is 5. The Morgan fingerprint density at radius 3 is 1.62 bits per heavy atom. The van der Waals surface area contributed by atoms with Gasteiger partial charge in [0.05, 0.1) is 5.57 Å². The summed E-state index contributed by atoms with van der Waals surface area (Å²) in [5.41, 5.74) is 1.34. The second-order valence-electron chi connectivity index (χ2n) is 8.46. The highest BCUT2D eigenvalue weighted by atomic mass is 16.6. The number of aliphatic hydroxyl groups is 1. The molecule has 0 aliphatic carbocycles. The van der Waals surface area contributed by atoms with Crippen LogP contribution in [-0.2, 0) is 19.1 Å². The molecule has 0 radical (unpaired) electrons. The number of aliphatic hydroxyl groups excluding tert-OH is 1. The Labute approximate surface area is 175 Å². The van der Waals surface area contributed by atoms with Crippen LogP contribution in [0, 0.1) is 0 Å². The van der Waals surface area contributed by atoms with Crippen molar-refractivity contribution in [2.24, 2.45) is 0 Å². The first-order valence-corrected chi connectivity index (χ1v) is 11.5. The van der Waals surface area contributed by atoms with E-state index in [0.717, 1.165) is 31.3 Å². The molecule has 0 aromatic heterocycles. The van der Waals surface area contributed by atoms with Crippen molar-refractivity contribution in [3.63, 3.8) is 0 Å². The Hall–Kier alpha value is -1.78. The lowest BCUT2D eigenvalue weighted by atomic mass is 10.0. The van der Waals surface area contributed by atoms with Crippen LogP contribution in [0.1, 0.15) is 104 Å². The Kier molecular flexibility index (Phi) is 10.3. The molecular weight excluding hydrogens is 368 g/mol. The third kappa shape index (κ3) is 8.23. The fourth-order valence-corrected chi connectivity index (χ4v) is 4.07. The zero-order valence-corrected chi connectivity index (χ0v) is 18.2. The Morgan fingerprint density at radius 1 is 0.724 bits per heavy atom. The summed E-state index contributed by atoms with van der Waals surface area (Å²) < 4.78 is 10.1. The first kappa shape index (κ1) is 23.5. The van der Waals surface area contributed by atoms with Gasteiger partial charge in [0, 0.05) is 5.57 Å². The van der Waals surface area contributed by atoms with Crippen molar-refractivity contribution < 1.29 is 24.2 Å². The monoisotopic (exact) mass is 406 g/mol. The molecule has 2 aliphatic heterocycles. The fraction of sp³-hybridized carbons (Fsp3) is 0.750. The Balaban J connectivity index is 1.33. The third-order valence-electron chi connectivity index (χ3n) is 5.84. The second-order valence-corrected chi connectivity index (χ2v) is 8.46. The molecule has 2 aliphatic rings. The first-order valence-electron chi connectivity index (χ1n) is 11.5. The van der Waals surface area contributed by atoms with E-state index >= 15 is 0 Å². The molecule has 0 saturated carbocycles. The van der Waals surface area contributed by atoms with Crippen molar-refractivity contribution in [1.82, 2.24) is 0 Å². The maximum atomic E-state index is 11.6. The van der Waals surface area contributed by atoms with Gasteiger partial charge in [-0.05, 0) is 45.6 Å². The summed E-state index contributed by atoms with van der Waals surface area (Å²) in [6.07, 6.45) is 17.4. The lowest BCUT2D eigenvalue weighted by Gasteiger charge is -2.04. The summed E-state index contributed by atoms with van der Waals surface area (Å²) in [6.45, 7) is 3.61. The molecule has 0 spiro atoms. The minimum Gasteiger partial charge on any atom is -0.508 e. The van der Waals surface area contributed by atoms with Crippen molar-refractivity contribution in [1.29, 1.82) is 0 Å². The van der Waals surface area contributed by atoms with Crippen LogP contribution in [0.4, 0.5) is 0 Å². The van der Waals surface area contributed by atoms with Gasteiger partial charge in [0.15, 0.2) is 6.10 Å². The first-order chi connectivity index (χ1) is 14.0. The Bertz CT molecular complexity index is 604. The molecule has 0 fully saturated rings. The summed E-state index contributed by atoms with van der Waals surface area (Å²) >= 11 is 0. The minimum absolute atomic E-state index is 0.0433. The molecule has 0 unspecified atom stereocenters. The standard InChI is InChI=1S/C24H38O5/c1-18-17-20(23(26)28-18)15-13-11-9-7-5-3-4-6-8-10-12-14-16-21-22(25)19(2)29-24(21)27/h17-19,25H,3-16H2,1-2H3/t18-,19-/m1/s1. The van der Waals surface area contributed by atoms with Gasteiger partial charge < -0.3 is 14.6 Å². The number of carbonyl (C=O) groups excluding carboxylic acids is 2. The van der Waals surface area contributed by atoms with Crippen molar-refractivity contribution in [3.05, 3.63) is 23.0 Å². The van der Waals surface area contributed by atoms with E-state index in [9.17, 15) is 14.7 Å². The third-order valence-corrected chi connectivity index (χ3v) is 5.84. The number of hydrogen-bond donors (Lipinski definition) is 1. The van der Waals surface area contributed by atoms with E-state index in [1.54, 1.807) is 6.92 Å². The van der Waals surface area contributed by atoms with E-state index in [1.807, 2.05) is 13.0 Å². The summed E-state index contributed by atoms with van der Waals surface area (Å²) in [4.78, 5) is 23.1. The largest absolute Gasteiger partial charge is 0.508 e. The van der Waals surface area contributed by atoms with E-state index in [4.69, 9.17) is 9.47 Å². The van der Waals surface area contributed by atoms with Crippen LogP contribution in [0.15, 0.2) is 23.0 Å². The highest BCUT2D eigenvalue weighted by molar-refractivity contribution is 5.91. The van der Waals surface area contributed by atoms with E-state index in [1.165, 1.54) is 57.8 Å². The van der Waals surface area contributed by atoms with Crippen molar-refractivity contribution in [3.8, 4) is 0 Å². The molecule has 164 valence electrons. The molecule has 1 N–H and O–H groups in total. The molecule has 2 atom stereocenters. The number of unbranched alkanes of at least 4 members (excludes halogenated alkanes) is 11. The van der Waals surface area contributed by atoms with Crippen molar-refractivity contribution in [2.75, 3.05) is 0 Å². The van der Waals surface area contributed by atoms with E-state index < -0.39 is 6.10 Å². The van der Waals surface area contributed by atoms with Gasteiger partial charge in [0.25, 0.3) is 0 Å². The number of carbonyl (C=O) groups is 2. The second kappa shape index (κ2) is 12.7. The van der Waals surface area contributed by atoms with E-state index in [0.29, 0.717) is 12.0 Å². The van der Waals surface area contributed by atoms with E-state index in [2.05, 4.69) is 0 Å². The smallest absolute Gasteiger partial charge is 0.338 e. The van der Waals surface area contributed by atoms with Crippen LogP contribution in [-0.4, -0.2) is 29.3 Å². The SMILES string of the molecule is C[C@@H]1C=C(CCCCCCCCCCCCCCC2=C(O)[C@@H](C)OC2=O)C(=O)O1. The Morgan fingerprint density at radius 2 is 1.21 bits per heavy atom. The highest BCUT2D eigenvalue weighted by Gasteiger charge is 2.30. The lowest BCUT2D eigenvalue weighted by molar-refractivity contribution is -0.140. The molecule has 0 bridgehead atoms. The molecule has 2 heterocycles. The van der Waals surface area contributed by atoms with Crippen LogP contribution < -0.4 is 0 Å². The van der Waals surface area contributed by atoms with Gasteiger partial charge in [-0.25, -0.2) is 9.59 Å². The van der Waals surface area contributed by atoms with Gasteiger partial charge in [0.1, 0.15) is 11.9 Å². The average Bonchev–Trinajstić information content (AvgIpc) is 3.13. The number of rotatable bonds is 15. The average molecular weight is 407 g/mol. The summed E-state index contributed by atoms with van der Waals surface area (Å²) in [5, 5.41) is 9.80. The summed E-state index contributed by atoms with van der Waals surface area (Å²) in [7, 11) is 0. The van der Waals surface area contributed by atoms with Crippen LogP contribution in [0.5, 0.6) is 0 Å². The van der Waals surface area contributed by atoms with Crippen molar-refractivity contribution >= 4 is 11.9 Å². The summed E-state index contributed by atoms with van der Waals surface area (Å²) in [6, 6.07) is 0. The minimum atomic E-state index is -0.468. The number of esters is 2. The molecule has 5 nitrogen and oxygen atoms in total. The molecule has 0 amide bonds. The molecular formula is C24H38O5. The van der Waals surface area contributed by atoms with E-state index in [-0.39, 0.29) is 23.8 Å². The molecule has 0 aromatic rings. The molecule has 0 aromatic carbocycles. The zero-order valence-electron chi connectivity index (χ0n) is 18.2. The number of ether oxygens (including phenoxy) is 2. The molecule has 5 heteroatoms. The summed E-state index contributed by atoms with van der Waals surface area (Å²) in [5.74, 6) is -0.339.